The van der Waals surface area contributed by atoms with Crippen LogP contribution in [-0.4, -0.2) is 37.0 Å². The number of benzene rings is 1. The molecule has 7 heteroatoms. The van der Waals surface area contributed by atoms with Gasteiger partial charge in [0.15, 0.2) is 5.76 Å². The van der Waals surface area contributed by atoms with Crippen LogP contribution in [0.3, 0.4) is 0 Å². The molecule has 0 spiro atoms. The van der Waals surface area contributed by atoms with Crippen molar-refractivity contribution < 1.29 is 12.9 Å². The standard InChI is InChI=1S/C17H21N3O3S/c18-15-6-3-4-12-10-20(11-14(12)15)24(21,22)17-7-2-1-5-13(17)16-8-9-19-23-16/h1-2,5,7-9,12,14-15H,3-4,6,10-11,18H2. The smallest absolute Gasteiger partial charge is 0.243 e. The second-order valence-electron chi connectivity index (χ2n) is 6.71. The molecule has 6 nitrogen and oxygen atoms in total. The maximum Gasteiger partial charge on any atom is 0.243 e. The lowest BCUT2D eigenvalue weighted by molar-refractivity contribution is 0.260. The first-order valence-corrected chi connectivity index (χ1v) is 9.77. The van der Waals surface area contributed by atoms with Crippen LogP contribution >= 0.6 is 0 Å². The zero-order valence-electron chi connectivity index (χ0n) is 13.3. The van der Waals surface area contributed by atoms with Crippen LogP contribution in [0.2, 0.25) is 0 Å². The van der Waals surface area contributed by atoms with Crippen LogP contribution in [-0.2, 0) is 10.0 Å². The highest BCUT2D eigenvalue weighted by molar-refractivity contribution is 7.89. The van der Waals surface area contributed by atoms with E-state index in [-0.39, 0.29) is 16.9 Å². The van der Waals surface area contributed by atoms with Crippen LogP contribution in [0, 0.1) is 11.8 Å². The third-order valence-corrected chi connectivity index (χ3v) is 7.22. The molecule has 1 saturated carbocycles. The highest BCUT2D eigenvalue weighted by Crippen LogP contribution is 2.39. The summed E-state index contributed by atoms with van der Waals surface area (Å²) in [7, 11) is -3.59. The van der Waals surface area contributed by atoms with Crippen molar-refractivity contribution in [2.24, 2.45) is 17.6 Å². The molecule has 1 aromatic carbocycles. The Kier molecular flexibility index (Phi) is 3.94. The molecule has 128 valence electrons. The molecule has 3 atom stereocenters. The fraction of sp³-hybridized carbons (Fsp3) is 0.471. The van der Waals surface area contributed by atoms with Gasteiger partial charge in [0, 0.05) is 30.8 Å². The van der Waals surface area contributed by atoms with E-state index in [1.165, 1.54) is 6.20 Å². The normalized spacial score (nSPS) is 28.0. The SMILES string of the molecule is NC1CCCC2CN(S(=O)(=O)c3ccccc3-c3ccno3)CC12. The monoisotopic (exact) mass is 347 g/mol. The third kappa shape index (κ3) is 2.56. The van der Waals surface area contributed by atoms with E-state index in [0.717, 1.165) is 19.3 Å². The van der Waals surface area contributed by atoms with Crippen LogP contribution < -0.4 is 5.73 Å². The molecule has 1 aromatic heterocycles. The maximum atomic E-state index is 13.2. The number of nitrogens with zero attached hydrogens (tertiary/aromatic N) is 2. The molecule has 1 aliphatic heterocycles. The molecule has 4 rings (SSSR count). The van der Waals surface area contributed by atoms with E-state index < -0.39 is 10.0 Å². The van der Waals surface area contributed by atoms with Gasteiger partial charge in [0.25, 0.3) is 0 Å². The molecule has 3 unspecified atom stereocenters. The van der Waals surface area contributed by atoms with Crippen LogP contribution in [0.5, 0.6) is 0 Å². The van der Waals surface area contributed by atoms with Crippen LogP contribution in [0.15, 0.2) is 45.9 Å². The van der Waals surface area contributed by atoms with Crippen molar-refractivity contribution >= 4 is 10.0 Å². The molecule has 2 aromatic rings. The van der Waals surface area contributed by atoms with E-state index in [0.29, 0.717) is 30.3 Å². The van der Waals surface area contributed by atoms with Gasteiger partial charge in [-0.25, -0.2) is 8.42 Å². The Bertz CT molecular complexity index is 819. The van der Waals surface area contributed by atoms with Gasteiger partial charge in [-0.05, 0) is 36.8 Å². The van der Waals surface area contributed by atoms with E-state index in [4.69, 9.17) is 10.3 Å². The summed E-state index contributed by atoms with van der Waals surface area (Å²) in [6.45, 7) is 1.07. The number of rotatable bonds is 3. The summed E-state index contributed by atoms with van der Waals surface area (Å²) in [5.41, 5.74) is 6.78. The molecule has 0 amide bonds. The van der Waals surface area contributed by atoms with Gasteiger partial charge in [-0.1, -0.05) is 23.7 Å². The van der Waals surface area contributed by atoms with Gasteiger partial charge in [-0.2, -0.15) is 4.31 Å². The van der Waals surface area contributed by atoms with E-state index in [1.54, 1.807) is 34.6 Å². The van der Waals surface area contributed by atoms with Crippen molar-refractivity contribution in [1.29, 1.82) is 0 Å². The first-order chi connectivity index (χ1) is 11.6. The van der Waals surface area contributed by atoms with Gasteiger partial charge in [-0.3, -0.25) is 0 Å². The third-order valence-electron chi connectivity index (χ3n) is 5.33. The Labute approximate surface area is 141 Å². The van der Waals surface area contributed by atoms with Gasteiger partial charge < -0.3 is 10.3 Å². The fourth-order valence-corrected chi connectivity index (χ4v) is 5.79. The van der Waals surface area contributed by atoms with E-state index in [9.17, 15) is 8.42 Å². The Morgan fingerprint density at radius 1 is 1.17 bits per heavy atom. The summed E-state index contributed by atoms with van der Waals surface area (Å²) in [5.74, 6) is 1.11. The zero-order chi connectivity index (χ0) is 16.7. The number of hydrogen-bond acceptors (Lipinski definition) is 5. The average molecular weight is 347 g/mol. The summed E-state index contributed by atoms with van der Waals surface area (Å²) in [6.07, 6.45) is 4.66. The molecule has 24 heavy (non-hydrogen) atoms. The van der Waals surface area contributed by atoms with E-state index in [1.807, 2.05) is 0 Å². The Hall–Kier alpha value is -1.70. The molecule has 2 fully saturated rings. The van der Waals surface area contributed by atoms with E-state index >= 15 is 0 Å². The molecule has 2 heterocycles. The molecular weight excluding hydrogens is 326 g/mol. The lowest BCUT2D eigenvalue weighted by Gasteiger charge is -2.29. The molecule has 2 aliphatic rings. The lowest BCUT2D eigenvalue weighted by Crippen LogP contribution is -2.38. The second-order valence-corrected chi connectivity index (χ2v) is 8.62. The Morgan fingerprint density at radius 3 is 2.75 bits per heavy atom. The fourth-order valence-electron chi connectivity index (χ4n) is 4.06. The van der Waals surface area contributed by atoms with Gasteiger partial charge >= 0.3 is 0 Å². The first-order valence-electron chi connectivity index (χ1n) is 8.33. The van der Waals surface area contributed by atoms with E-state index in [2.05, 4.69) is 5.16 Å². The topological polar surface area (TPSA) is 89.4 Å². The molecule has 0 radical (unpaired) electrons. The quantitative estimate of drug-likeness (QED) is 0.918. The average Bonchev–Trinajstić information content (AvgIpc) is 3.25. The number of aromatic nitrogens is 1. The number of hydrogen-bond donors (Lipinski definition) is 1. The number of nitrogens with two attached hydrogens (primary N) is 1. The maximum absolute atomic E-state index is 13.2. The highest BCUT2D eigenvalue weighted by Gasteiger charge is 2.43. The minimum Gasteiger partial charge on any atom is -0.356 e. The number of fused-ring (bicyclic) bond motifs is 1. The number of sulfonamides is 1. The highest BCUT2D eigenvalue weighted by atomic mass is 32.2. The van der Waals surface area contributed by atoms with Crippen molar-refractivity contribution in [3.8, 4) is 11.3 Å². The predicted molar refractivity (Wildman–Crippen MR) is 89.5 cm³/mol. The van der Waals surface area contributed by atoms with Gasteiger partial charge in [0.1, 0.15) is 0 Å². The van der Waals surface area contributed by atoms with Crippen molar-refractivity contribution in [3.05, 3.63) is 36.5 Å². The summed E-state index contributed by atoms with van der Waals surface area (Å²) in [5, 5.41) is 3.69. The summed E-state index contributed by atoms with van der Waals surface area (Å²) < 4.78 is 33.2. The van der Waals surface area contributed by atoms with Crippen molar-refractivity contribution in [3.63, 3.8) is 0 Å². The van der Waals surface area contributed by atoms with Crippen molar-refractivity contribution in [1.82, 2.24) is 9.46 Å². The van der Waals surface area contributed by atoms with Gasteiger partial charge in [-0.15, -0.1) is 0 Å². The minimum absolute atomic E-state index is 0.105. The van der Waals surface area contributed by atoms with Crippen LogP contribution in [0.25, 0.3) is 11.3 Å². The van der Waals surface area contributed by atoms with Gasteiger partial charge in [0.05, 0.1) is 11.1 Å². The Morgan fingerprint density at radius 2 is 2.00 bits per heavy atom. The van der Waals surface area contributed by atoms with Crippen molar-refractivity contribution in [2.75, 3.05) is 13.1 Å². The molecule has 1 saturated heterocycles. The largest absolute Gasteiger partial charge is 0.356 e. The minimum atomic E-state index is -3.59. The zero-order valence-corrected chi connectivity index (χ0v) is 14.2. The summed E-state index contributed by atoms with van der Waals surface area (Å²) in [4.78, 5) is 0.272. The second kappa shape index (κ2) is 5.98. The first kappa shape index (κ1) is 15.8. The lowest BCUT2D eigenvalue weighted by atomic mass is 9.78. The summed E-state index contributed by atoms with van der Waals surface area (Å²) in [6, 6.07) is 8.71. The Balaban J connectivity index is 1.70. The predicted octanol–water partition coefficient (Wildman–Crippen LogP) is 2.09. The van der Waals surface area contributed by atoms with Gasteiger partial charge in [0.2, 0.25) is 10.0 Å². The summed E-state index contributed by atoms with van der Waals surface area (Å²) >= 11 is 0. The molecule has 0 bridgehead atoms. The molecular formula is C17H21N3O3S. The molecule has 2 N–H and O–H groups in total. The molecule has 1 aliphatic carbocycles. The van der Waals surface area contributed by atoms with Crippen LogP contribution in [0.4, 0.5) is 0 Å². The van der Waals surface area contributed by atoms with Crippen LogP contribution in [0.1, 0.15) is 19.3 Å². The van der Waals surface area contributed by atoms with Crippen molar-refractivity contribution in [2.45, 2.75) is 30.2 Å².